The summed E-state index contributed by atoms with van der Waals surface area (Å²) in [6, 6.07) is 8.60. The van der Waals surface area contributed by atoms with Crippen LogP contribution in [-0.4, -0.2) is 30.8 Å². The molecule has 0 aliphatic carbocycles. The minimum absolute atomic E-state index is 0.0186. The van der Waals surface area contributed by atoms with Gasteiger partial charge in [0.05, 0.1) is 0 Å². The number of nitrogens with one attached hydrogen (secondary N) is 1. The Bertz CT molecular complexity index is 494. The summed E-state index contributed by atoms with van der Waals surface area (Å²) in [6.45, 7) is -1.67. The van der Waals surface area contributed by atoms with Gasteiger partial charge in [0.1, 0.15) is 0 Å². The maximum atomic E-state index is 12.5. The number of para-hydroxylation sites is 1. The van der Waals surface area contributed by atoms with Crippen LogP contribution in [-0.2, 0) is 14.3 Å². The number of halogens is 4. The number of carbonyl (C=O) groups excluding carboxylic acids is 2. The predicted molar refractivity (Wildman–Crippen MR) is 70.8 cm³/mol. The molecule has 1 rings (SSSR count). The van der Waals surface area contributed by atoms with Gasteiger partial charge in [-0.05, 0) is 18.6 Å². The number of rotatable bonds is 8. The number of hydrogen-bond acceptors (Lipinski definition) is 3. The van der Waals surface area contributed by atoms with E-state index in [4.69, 9.17) is 0 Å². The molecule has 0 aliphatic heterocycles. The van der Waals surface area contributed by atoms with Crippen LogP contribution in [0, 0.1) is 0 Å². The average molecular weight is 321 g/mol. The van der Waals surface area contributed by atoms with Gasteiger partial charge in [0.15, 0.2) is 6.61 Å². The van der Waals surface area contributed by atoms with Gasteiger partial charge in [-0.1, -0.05) is 18.2 Å². The molecule has 0 fully saturated rings. The second-order valence-corrected chi connectivity index (χ2v) is 4.49. The molecule has 1 N–H and O–H groups in total. The van der Waals surface area contributed by atoms with Crippen LogP contribution < -0.4 is 5.32 Å². The number of hydrogen-bond donors (Lipinski definition) is 1. The summed E-state index contributed by atoms with van der Waals surface area (Å²) in [7, 11) is 0. The smallest absolute Gasteiger partial charge is 0.340 e. The number of ether oxygens (including phenoxy) is 1. The first-order valence-electron chi connectivity index (χ1n) is 6.48. The molecule has 22 heavy (non-hydrogen) atoms. The van der Waals surface area contributed by atoms with Crippen molar-refractivity contribution in [1.82, 2.24) is 0 Å². The van der Waals surface area contributed by atoms with Crippen molar-refractivity contribution in [1.29, 1.82) is 0 Å². The van der Waals surface area contributed by atoms with Crippen LogP contribution in [0.5, 0.6) is 0 Å². The standard InChI is InChI=1S/C14H15F4NO3/c15-13(16)14(17,18)9-22-12(21)8-4-7-11(20)19-10-5-2-1-3-6-10/h1-3,5-6,13H,4,7-9H2,(H,19,20). The molecule has 1 aromatic carbocycles. The van der Waals surface area contributed by atoms with Crippen molar-refractivity contribution < 1.29 is 31.9 Å². The second-order valence-electron chi connectivity index (χ2n) is 4.49. The van der Waals surface area contributed by atoms with Crippen molar-refractivity contribution in [3.05, 3.63) is 30.3 Å². The van der Waals surface area contributed by atoms with E-state index in [9.17, 15) is 27.2 Å². The predicted octanol–water partition coefficient (Wildman–Crippen LogP) is 3.24. The summed E-state index contributed by atoms with van der Waals surface area (Å²) in [6.07, 6.45) is -4.15. The molecule has 0 heterocycles. The molecule has 0 radical (unpaired) electrons. The number of benzene rings is 1. The first-order valence-corrected chi connectivity index (χ1v) is 6.48. The molecular formula is C14H15F4NO3. The van der Waals surface area contributed by atoms with Crippen LogP contribution in [0.25, 0.3) is 0 Å². The SMILES string of the molecule is O=C(CCCC(=O)OCC(F)(F)C(F)F)Nc1ccccc1. The van der Waals surface area contributed by atoms with Gasteiger partial charge in [-0.25, -0.2) is 8.78 Å². The lowest BCUT2D eigenvalue weighted by atomic mass is 10.2. The minimum Gasteiger partial charge on any atom is -0.459 e. The molecule has 122 valence electrons. The molecule has 4 nitrogen and oxygen atoms in total. The molecule has 0 unspecified atom stereocenters. The van der Waals surface area contributed by atoms with E-state index in [0.717, 1.165) is 0 Å². The largest absolute Gasteiger partial charge is 0.459 e. The van der Waals surface area contributed by atoms with Gasteiger partial charge >= 0.3 is 18.3 Å². The summed E-state index contributed by atoms with van der Waals surface area (Å²) in [5.74, 6) is -5.76. The summed E-state index contributed by atoms with van der Waals surface area (Å²) in [5, 5.41) is 2.58. The maximum absolute atomic E-state index is 12.5. The molecule has 0 spiro atoms. The molecule has 0 saturated heterocycles. The molecule has 1 amide bonds. The van der Waals surface area contributed by atoms with E-state index in [2.05, 4.69) is 10.1 Å². The lowest BCUT2D eigenvalue weighted by Crippen LogP contribution is -2.33. The summed E-state index contributed by atoms with van der Waals surface area (Å²) in [4.78, 5) is 22.6. The molecule has 0 aromatic heterocycles. The number of anilines is 1. The van der Waals surface area contributed by atoms with Crippen molar-refractivity contribution in [2.24, 2.45) is 0 Å². The zero-order valence-corrected chi connectivity index (χ0v) is 11.5. The Balaban J connectivity index is 2.21. The summed E-state index contributed by atoms with van der Waals surface area (Å²) >= 11 is 0. The summed E-state index contributed by atoms with van der Waals surface area (Å²) in [5.41, 5.74) is 0.589. The zero-order chi connectivity index (χ0) is 16.6. The van der Waals surface area contributed by atoms with E-state index >= 15 is 0 Å². The first-order chi connectivity index (χ1) is 10.3. The molecule has 8 heteroatoms. The third-order valence-corrected chi connectivity index (χ3v) is 2.59. The van der Waals surface area contributed by atoms with Gasteiger partial charge in [-0.15, -0.1) is 0 Å². The topological polar surface area (TPSA) is 55.4 Å². The van der Waals surface area contributed by atoms with Crippen LogP contribution in [0.3, 0.4) is 0 Å². The molecule has 0 bridgehead atoms. The number of amides is 1. The van der Waals surface area contributed by atoms with E-state index in [1.165, 1.54) is 0 Å². The van der Waals surface area contributed by atoms with E-state index < -0.39 is 24.9 Å². The van der Waals surface area contributed by atoms with Crippen LogP contribution in [0.4, 0.5) is 23.2 Å². The van der Waals surface area contributed by atoms with Gasteiger partial charge in [-0.3, -0.25) is 9.59 Å². The minimum atomic E-state index is -4.36. The van der Waals surface area contributed by atoms with Gasteiger partial charge in [-0.2, -0.15) is 8.78 Å². The van der Waals surface area contributed by atoms with Gasteiger partial charge in [0.2, 0.25) is 5.91 Å². The van der Waals surface area contributed by atoms with E-state index in [0.29, 0.717) is 5.69 Å². The normalized spacial score (nSPS) is 11.3. The highest BCUT2D eigenvalue weighted by molar-refractivity contribution is 5.90. The van der Waals surface area contributed by atoms with Crippen LogP contribution in [0.1, 0.15) is 19.3 Å². The van der Waals surface area contributed by atoms with E-state index in [1.807, 2.05) is 0 Å². The van der Waals surface area contributed by atoms with Crippen LogP contribution in [0.15, 0.2) is 30.3 Å². The van der Waals surface area contributed by atoms with Gasteiger partial charge in [0.25, 0.3) is 0 Å². The van der Waals surface area contributed by atoms with Crippen LogP contribution >= 0.6 is 0 Å². The number of esters is 1. The Morgan fingerprint density at radius 3 is 2.36 bits per heavy atom. The van der Waals surface area contributed by atoms with Crippen molar-refractivity contribution in [2.45, 2.75) is 31.6 Å². The quantitative estimate of drug-likeness (QED) is 0.591. The van der Waals surface area contributed by atoms with Crippen molar-refractivity contribution in [3.63, 3.8) is 0 Å². The zero-order valence-electron chi connectivity index (χ0n) is 11.5. The van der Waals surface area contributed by atoms with E-state index in [-0.39, 0.29) is 25.2 Å². The van der Waals surface area contributed by atoms with Crippen LogP contribution in [0.2, 0.25) is 0 Å². The maximum Gasteiger partial charge on any atom is 0.340 e. The average Bonchev–Trinajstić information content (AvgIpc) is 2.46. The molecule has 0 aliphatic rings. The van der Waals surface area contributed by atoms with Gasteiger partial charge < -0.3 is 10.1 Å². The van der Waals surface area contributed by atoms with Crippen molar-refractivity contribution in [2.75, 3.05) is 11.9 Å². The number of alkyl halides is 4. The Kier molecular flexibility index (Phi) is 6.81. The fraction of sp³-hybridized carbons (Fsp3) is 0.429. The highest BCUT2D eigenvalue weighted by atomic mass is 19.3. The van der Waals surface area contributed by atoms with Crippen molar-refractivity contribution >= 4 is 17.6 Å². The molecule has 0 saturated carbocycles. The Morgan fingerprint density at radius 2 is 1.77 bits per heavy atom. The summed E-state index contributed by atoms with van der Waals surface area (Å²) < 4.78 is 52.8. The van der Waals surface area contributed by atoms with E-state index in [1.54, 1.807) is 30.3 Å². The fourth-order valence-electron chi connectivity index (χ4n) is 1.45. The third-order valence-electron chi connectivity index (χ3n) is 2.59. The highest BCUT2D eigenvalue weighted by Gasteiger charge is 2.42. The first kappa shape index (κ1) is 17.9. The monoisotopic (exact) mass is 321 g/mol. The third kappa shape index (κ3) is 6.55. The Hall–Kier alpha value is -2.12. The Morgan fingerprint density at radius 1 is 1.14 bits per heavy atom. The second kappa shape index (κ2) is 8.35. The highest BCUT2D eigenvalue weighted by Crippen LogP contribution is 2.23. The lowest BCUT2D eigenvalue weighted by molar-refractivity contribution is -0.179. The molecular weight excluding hydrogens is 306 g/mol. The van der Waals surface area contributed by atoms with Crippen molar-refractivity contribution in [3.8, 4) is 0 Å². The fourth-order valence-corrected chi connectivity index (χ4v) is 1.45. The Labute approximate surface area is 124 Å². The molecule has 0 atom stereocenters. The number of carbonyl (C=O) groups is 2. The lowest BCUT2D eigenvalue weighted by Gasteiger charge is -2.14. The van der Waals surface area contributed by atoms with Gasteiger partial charge in [0, 0.05) is 18.5 Å². The molecule has 1 aromatic rings.